The fourth-order valence-corrected chi connectivity index (χ4v) is 3.14. The molecule has 1 N–H and O–H groups in total. The van der Waals surface area contributed by atoms with Crippen molar-refractivity contribution in [3.63, 3.8) is 0 Å². The predicted octanol–water partition coefficient (Wildman–Crippen LogP) is 3.14. The summed E-state index contributed by atoms with van der Waals surface area (Å²) >= 11 is 0. The van der Waals surface area contributed by atoms with E-state index in [1.165, 1.54) is 18.4 Å². The van der Waals surface area contributed by atoms with E-state index in [1.54, 1.807) is 4.90 Å². The van der Waals surface area contributed by atoms with Crippen LogP contribution in [0.3, 0.4) is 0 Å². The van der Waals surface area contributed by atoms with Crippen LogP contribution >= 0.6 is 0 Å². The SMILES string of the molecule is CC(C)(C)OC(=O)N1CC(NC2CC(c3ccccc3)C2)C1. The molecule has 1 saturated carbocycles. The number of benzene rings is 1. The van der Waals surface area contributed by atoms with Gasteiger partial charge < -0.3 is 15.0 Å². The number of rotatable bonds is 3. The number of hydrogen-bond acceptors (Lipinski definition) is 3. The Morgan fingerprint density at radius 2 is 1.77 bits per heavy atom. The van der Waals surface area contributed by atoms with Crippen LogP contribution in [0.15, 0.2) is 30.3 Å². The van der Waals surface area contributed by atoms with Gasteiger partial charge in [-0.1, -0.05) is 30.3 Å². The molecule has 0 spiro atoms. The first-order valence-electron chi connectivity index (χ1n) is 8.19. The lowest BCUT2D eigenvalue weighted by Crippen LogP contribution is -2.63. The molecule has 1 saturated heterocycles. The smallest absolute Gasteiger partial charge is 0.410 e. The van der Waals surface area contributed by atoms with E-state index in [2.05, 4.69) is 35.6 Å². The molecule has 1 aliphatic carbocycles. The van der Waals surface area contributed by atoms with Crippen LogP contribution in [0.5, 0.6) is 0 Å². The molecule has 1 amide bonds. The van der Waals surface area contributed by atoms with Crippen LogP contribution in [0, 0.1) is 0 Å². The highest BCUT2D eigenvalue weighted by Gasteiger charge is 2.38. The van der Waals surface area contributed by atoms with Gasteiger partial charge in [0.15, 0.2) is 0 Å². The van der Waals surface area contributed by atoms with Gasteiger partial charge in [0.2, 0.25) is 0 Å². The average Bonchev–Trinajstić information content (AvgIpc) is 2.33. The van der Waals surface area contributed by atoms with Crippen LogP contribution in [0.2, 0.25) is 0 Å². The van der Waals surface area contributed by atoms with Crippen LogP contribution in [0.1, 0.15) is 45.1 Å². The number of likely N-dealkylation sites (tertiary alicyclic amines) is 1. The van der Waals surface area contributed by atoms with Crippen molar-refractivity contribution in [3.05, 3.63) is 35.9 Å². The Labute approximate surface area is 132 Å². The van der Waals surface area contributed by atoms with Crippen molar-refractivity contribution in [2.24, 2.45) is 0 Å². The van der Waals surface area contributed by atoms with Crippen LogP contribution in [-0.2, 0) is 4.74 Å². The Bertz CT molecular complexity index is 512. The van der Waals surface area contributed by atoms with Gasteiger partial charge in [0.25, 0.3) is 0 Å². The molecule has 0 radical (unpaired) electrons. The topological polar surface area (TPSA) is 41.6 Å². The molecule has 0 aromatic heterocycles. The molecule has 4 heteroatoms. The third-order valence-electron chi connectivity index (χ3n) is 4.41. The molecule has 1 aliphatic heterocycles. The Morgan fingerprint density at radius 3 is 2.36 bits per heavy atom. The minimum absolute atomic E-state index is 0.193. The fourth-order valence-electron chi connectivity index (χ4n) is 3.14. The molecule has 0 unspecified atom stereocenters. The summed E-state index contributed by atoms with van der Waals surface area (Å²) in [6.45, 7) is 7.23. The highest BCUT2D eigenvalue weighted by atomic mass is 16.6. The maximum Gasteiger partial charge on any atom is 0.410 e. The van der Waals surface area contributed by atoms with Crippen LogP contribution < -0.4 is 5.32 Å². The van der Waals surface area contributed by atoms with Gasteiger partial charge in [0.05, 0.1) is 0 Å². The highest BCUT2D eigenvalue weighted by Crippen LogP contribution is 2.37. The second kappa shape index (κ2) is 5.92. The van der Waals surface area contributed by atoms with Crippen molar-refractivity contribution < 1.29 is 9.53 Å². The summed E-state index contributed by atoms with van der Waals surface area (Å²) < 4.78 is 5.37. The van der Waals surface area contributed by atoms with Gasteiger partial charge in [-0.2, -0.15) is 0 Å². The van der Waals surface area contributed by atoms with Crippen LogP contribution in [-0.4, -0.2) is 41.8 Å². The molecular weight excluding hydrogens is 276 g/mol. The lowest BCUT2D eigenvalue weighted by atomic mass is 9.75. The zero-order valence-electron chi connectivity index (χ0n) is 13.7. The average molecular weight is 302 g/mol. The molecule has 3 rings (SSSR count). The van der Waals surface area contributed by atoms with E-state index in [0.29, 0.717) is 18.0 Å². The second-order valence-electron chi connectivity index (χ2n) is 7.52. The summed E-state index contributed by atoms with van der Waals surface area (Å²) in [5, 5.41) is 3.65. The maximum absolute atomic E-state index is 11.9. The summed E-state index contributed by atoms with van der Waals surface area (Å²) in [7, 11) is 0. The molecule has 22 heavy (non-hydrogen) atoms. The number of hydrogen-bond donors (Lipinski definition) is 1. The van der Waals surface area contributed by atoms with Crippen molar-refractivity contribution in [1.29, 1.82) is 0 Å². The van der Waals surface area contributed by atoms with Gasteiger partial charge in [-0.05, 0) is 45.1 Å². The Balaban J connectivity index is 1.35. The van der Waals surface area contributed by atoms with E-state index in [4.69, 9.17) is 4.74 Å². The van der Waals surface area contributed by atoms with E-state index < -0.39 is 5.60 Å². The van der Waals surface area contributed by atoms with Crippen molar-refractivity contribution in [3.8, 4) is 0 Å². The summed E-state index contributed by atoms with van der Waals surface area (Å²) in [5.41, 5.74) is 1.04. The number of nitrogens with one attached hydrogen (secondary N) is 1. The van der Waals surface area contributed by atoms with Crippen LogP contribution in [0.4, 0.5) is 4.79 Å². The quantitative estimate of drug-likeness (QED) is 0.932. The first-order chi connectivity index (χ1) is 10.4. The number of amides is 1. The van der Waals surface area contributed by atoms with Gasteiger partial charge in [-0.15, -0.1) is 0 Å². The largest absolute Gasteiger partial charge is 0.444 e. The fraction of sp³-hybridized carbons (Fsp3) is 0.611. The third kappa shape index (κ3) is 3.61. The standard InChI is InChI=1S/C18H26N2O2/c1-18(2,3)22-17(21)20-11-16(12-20)19-15-9-14(10-15)13-7-5-4-6-8-13/h4-8,14-16,19H,9-12H2,1-3H3. The van der Waals surface area contributed by atoms with E-state index in [-0.39, 0.29) is 6.09 Å². The minimum atomic E-state index is -0.410. The van der Waals surface area contributed by atoms with Crippen LogP contribution in [0.25, 0.3) is 0 Å². The molecule has 0 atom stereocenters. The monoisotopic (exact) mass is 302 g/mol. The van der Waals surface area contributed by atoms with Crippen molar-refractivity contribution in [2.75, 3.05) is 13.1 Å². The lowest BCUT2D eigenvalue weighted by molar-refractivity contribution is 0.00259. The molecule has 2 fully saturated rings. The van der Waals surface area contributed by atoms with E-state index in [1.807, 2.05) is 20.8 Å². The minimum Gasteiger partial charge on any atom is -0.444 e. The number of carbonyl (C=O) groups is 1. The Hall–Kier alpha value is -1.55. The zero-order chi connectivity index (χ0) is 15.7. The number of ether oxygens (including phenoxy) is 1. The summed E-state index contributed by atoms with van der Waals surface area (Å²) in [4.78, 5) is 13.6. The predicted molar refractivity (Wildman–Crippen MR) is 86.9 cm³/mol. The van der Waals surface area contributed by atoms with Crippen molar-refractivity contribution in [1.82, 2.24) is 10.2 Å². The zero-order valence-corrected chi connectivity index (χ0v) is 13.7. The highest BCUT2D eigenvalue weighted by molar-refractivity contribution is 5.69. The van der Waals surface area contributed by atoms with Gasteiger partial charge in [0.1, 0.15) is 5.60 Å². The molecule has 120 valence electrons. The summed E-state index contributed by atoms with van der Waals surface area (Å²) in [6, 6.07) is 11.7. The molecule has 1 aromatic rings. The number of carbonyl (C=O) groups excluding carboxylic acids is 1. The first kappa shape index (κ1) is 15.3. The molecular formula is C18H26N2O2. The summed E-state index contributed by atoms with van der Waals surface area (Å²) in [6.07, 6.45) is 2.21. The van der Waals surface area contributed by atoms with E-state index >= 15 is 0 Å². The molecule has 1 aromatic carbocycles. The van der Waals surface area contributed by atoms with Gasteiger partial charge >= 0.3 is 6.09 Å². The van der Waals surface area contributed by atoms with Gasteiger partial charge in [-0.25, -0.2) is 4.79 Å². The normalized spacial score (nSPS) is 25.3. The Kier molecular flexibility index (Phi) is 4.13. The maximum atomic E-state index is 11.9. The molecule has 4 nitrogen and oxygen atoms in total. The lowest BCUT2D eigenvalue weighted by Gasteiger charge is -2.45. The molecule has 1 heterocycles. The second-order valence-corrected chi connectivity index (χ2v) is 7.52. The van der Waals surface area contributed by atoms with Crippen molar-refractivity contribution >= 4 is 6.09 Å². The summed E-state index contributed by atoms with van der Waals surface area (Å²) in [5.74, 6) is 0.695. The molecule has 2 aliphatic rings. The third-order valence-corrected chi connectivity index (χ3v) is 4.41. The van der Waals surface area contributed by atoms with E-state index in [9.17, 15) is 4.79 Å². The van der Waals surface area contributed by atoms with Gasteiger partial charge in [-0.3, -0.25) is 0 Å². The number of nitrogens with zero attached hydrogens (tertiary/aromatic N) is 1. The first-order valence-corrected chi connectivity index (χ1v) is 8.19. The Morgan fingerprint density at radius 1 is 1.14 bits per heavy atom. The van der Waals surface area contributed by atoms with Gasteiger partial charge in [0, 0.05) is 25.2 Å². The van der Waals surface area contributed by atoms with E-state index in [0.717, 1.165) is 13.1 Å². The molecule has 0 bridgehead atoms. The van der Waals surface area contributed by atoms with Crippen molar-refractivity contribution in [2.45, 2.75) is 57.2 Å².